The molecule has 0 spiro atoms. The molecular formula is C14H15N3O3. The first-order valence-corrected chi connectivity index (χ1v) is 6.22. The molecule has 1 heterocycles. The van der Waals surface area contributed by atoms with Crippen LogP contribution < -0.4 is 5.32 Å². The molecule has 2 rings (SSSR count). The van der Waals surface area contributed by atoms with E-state index in [1.54, 1.807) is 36.5 Å². The lowest BCUT2D eigenvalue weighted by Crippen LogP contribution is -2.27. The summed E-state index contributed by atoms with van der Waals surface area (Å²) >= 11 is 0. The first kappa shape index (κ1) is 13.8. The lowest BCUT2D eigenvalue weighted by Gasteiger charge is -2.05. The number of carboxylic acid groups (broad SMARTS) is 1. The maximum Gasteiger partial charge on any atom is 0.335 e. The predicted molar refractivity (Wildman–Crippen MR) is 72.4 cm³/mol. The van der Waals surface area contributed by atoms with E-state index in [1.807, 2.05) is 0 Å². The lowest BCUT2D eigenvalue weighted by molar-refractivity contribution is -0.120. The number of H-pyrrole nitrogens is 1. The number of hydrogen-bond acceptors (Lipinski definition) is 3. The molecule has 1 aromatic carbocycles. The largest absolute Gasteiger partial charge is 0.478 e. The summed E-state index contributed by atoms with van der Waals surface area (Å²) in [5.74, 6) is -1.01. The van der Waals surface area contributed by atoms with Gasteiger partial charge in [-0.1, -0.05) is 12.1 Å². The van der Waals surface area contributed by atoms with E-state index in [-0.39, 0.29) is 17.9 Å². The lowest BCUT2D eigenvalue weighted by atomic mass is 10.1. The van der Waals surface area contributed by atoms with E-state index in [0.29, 0.717) is 13.0 Å². The highest BCUT2D eigenvalue weighted by Crippen LogP contribution is 2.04. The van der Waals surface area contributed by atoms with Crippen LogP contribution in [0.15, 0.2) is 36.5 Å². The Hall–Kier alpha value is -2.63. The zero-order valence-electron chi connectivity index (χ0n) is 10.8. The SMILES string of the molecule is O=C(Cc1ccn[nH]1)NCCc1ccc(C(=O)O)cc1. The number of hydrogen-bond donors (Lipinski definition) is 3. The summed E-state index contributed by atoms with van der Waals surface area (Å²) in [6.07, 6.45) is 2.54. The number of aromatic nitrogens is 2. The molecule has 0 aliphatic rings. The molecule has 6 nitrogen and oxygen atoms in total. The van der Waals surface area contributed by atoms with Gasteiger partial charge in [0.25, 0.3) is 0 Å². The molecule has 0 saturated carbocycles. The van der Waals surface area contributed by atoms with Crippen molar-refractivity contribution in [2.24, 2.45) is 0 Å². The fourth-order valence-corrected chi connectivity index (χ4v) is 1.78. The van der Waals surface area contributed by atoms with Crippen LogP contribution in [0.1, 0.15) is 21.6 Å². The van der Waals surface area contributed by atoms with E-state index >= 15 is 0 Å². The Bertz CT molecular complexity index is 576. The van der Waals surface area contributed by atoms with Crippen LogP contribution in [-0.2, 0) is 17.6 Å². The number of nitrogens with zero attached hydrogens (tertiary/aromatic N) is 1. The molecule has 1 amide bonds. The minimum atomic E-state index is -0.940. The Labute approximate surface area is 115 Å². The fraction of sp³-hybridized carbons (Fsp3) is 0.214. The van der Waals surface area contributed by atoms with Crippen LogP contribution in [0.2, 0.25) is 0 Å². The van der Waals surface area contributed by atoms with Gasteiger partial charge in [0, 0.05) is 18.4 Å². The van der Waals surface area contributed by atoms with Crippen molar-refractivity contribution in [1.29, 1.82) is 0 Å². The van der Waals surface area contributed by atoms with Gasteiger partial charge in [0.15, 0.2) is 0 Å². The number of carboxylic acids is 1. The number of carbonyl (C=O) groups excluding carboxylic acids is 1. The number of carbonyl (C=O) groups is 2. The average molecular weight is 273 g/mol. The van der Waals surface area contributed by atoms with E-state index in [4.69, 9.17) is 5.11 Å². The fourth-order valence-electron chi connectivity index (χ4n) is 1.78. The molecule has 0 saturated heterocycles. The maximum atomic E-state index is 11.6. The average Bonchev–Trinajstić information content (AvgIpc) is 2.92. The Morgan fingerprint density at radius 1 is 1.20 bits per heavy atom. The zero-order chi connectivity index (χ0) is 14.4. The highest BCUT2D eigenvalue weighted by atomic mass is 16.4. The van der Waals surface area contributed by atoms with Gasteiger partial charge in [-0.05, 0) is 30.2 Å². The Morgan fingerprint density at radius 2 is 1.95 bits per heavy atom. The van der Waals surface area contributed by atoms with Gasteiger partial charge in [-0.25, -0.2) is 4.79 Å². The van der Waals surface area contributed by atoms with Gasteiger partial charge in [0.2, 0.25) is 5.91 Å². The van der Waals surface area contributed by atoms with Crippen LogP contribution in [0, 0.1) is 0 Å². The molecule has 104 valence electrons. The summed E-state index contributed by atoms with van der Waals surface area (Å²) in [7, 11) is 0. The third-order valence-electron chi connectivity index (χ3n) is 2.85. The highest BCUT2D eigenvalue weighted by molar-refractivity contribution is 5.87. The molecule has 0 aliphatic carbocycles. The number of benzene rings is 1. The maximum absolute atomic E-state index is 11.6. The molecule has 0 radical (unpaired) electrons. The zero-order valence-corrected chi connectivity index (χ0v) is 10.8. The molecular weight excluding hydrogens is 258 g/mol. The second kappa shape index (κ2) is 6.51. The summed E-state index contributed by atoms with van der Waals surface area (Å²) in [6.45, 7) is 0.513. The van der Waals surface area contributed by atoms with Crippen molar-refractivity contribution in [2.75, 3.05) is 6.54 Å². The second-order valence-corrected chi connectivity index (χ2v) is 4.36. The second-order valence-electron chi connectivity index (χ2n) is 4.36. The first-order chi connectivity index (χ1) is 9.65. The number of rotatable bonds is 6. The first-order valence-electron chi connectivity index (χ1n) is 6.22. The Kier molecular flexibility index (Phi) is 4.49. The number of aromatic carboxylic acids is 1. The van der Waals surface area contributed by atoms with Gasteiger partial charge in [-0.3, -0.25) is 9.89 Å². The minimum absolute atomic E-state index is 0.0728. The smallest absolute Gasteiger partial charge is 0.335 e. The number of nitrogens with one attached hydrogen (secondary N) is 2. The van der Waals surface area contributed by atoms with E-state index in [0.717, 1.165) is 11.3 Å². The van der Waals surface area contributed by atoms with Crippen LogP contribution in [0.25, 0.3) is 0 Å². The topological polar surface area (TPSA) is 95.1 Å². The van der Waals surface area contributed by atoms with Crippen molar-refractivity contribution >= 4 is 11.9 Å². The quantitative estimate of drug-likeness (QED) is 0.732. The van der Waals surface area contributed by atoms with Gasteiger partial charge < -0.3 is 10.4 Å². The third kappa shape index (κ3) is 3.94. The van der Waals surface area contributed by atoms with Crippen LogP contribution in [0.4, 0.5) is 0 Å². The predicted octanol–water partition coefficient (Wildman–Crippen LogP) is 1.01. The van der Waals surface area contributed by atoms with Gasteiger partial charge in [0.1, 0.15) is 0 Å². The van der Waals surface area contributed by atoms with Crippen molar-refractivity contribution in [3.63, 3.8) is 0 Å². The summed E-state index contributed by atoms with van der Waals surface area (Å²) in [6, 6.07) is 8.38. The molecule has 0 atom stereocenters. The molecule has 0 aliphatic heterocycles. The molecule has 20 heavy (non-hydrogen) atoms. The van der Waals surface area contributed by atoms with Crippen LogP contribution >= 0.6 is 0 Å². The van der Waals surface area contributed by atoms with Gasteiger partial charge in [-0.15, -0.1) is 0 Å². The van der Waals surface area contributed by atoms with Gasteiger partial charge in [0.05, 0.1) is 12.0 Å². The minimum Gasteiger partial charge on any atom is -0.478 e. The molecule has 1 aromatic heterocycles. The molecule has 0 unspecified atom stereocenters. The summed E-state index contributed by atoms with van der Waals surface area (Å²) in [4.78, 5) is 22.3. The van der Waals surface area contributed by atoms with Crippen molar-refractivity contribution < 1.29 is 14.7 Å². The Morgan fingerprint density at radius 3 is 2.55 bits per heavy atom. The summed E-state index contributed by atoms with van der Waals surface area (Å²) in [5, 5.41) is 18.1. The molecule has 0 fully saturated rings. The van der Waals surface area contributed by atoms with E-state index in [2.05, 4.69) is 15.5 Å². The molecule has 3 N–H and O–H groups in total. The standard InChI is InChI=1S/C14H15N3O3/c18-13(9-12-6-8-16-17-12)15-7-5-10-1-3-11(4-2-10)14(19)20/h1-4,6,8H,5,7,9H2,(H,15,18)(H,16,17)(H,19,20). The monoisotopic (exact) mass is 273 g/mol. The highest BCUT2D eigenvalue weighted by Gasteiger charge is 2.04. The third-order valence-corrected chi connectivity index (χ3v) is 2.85. The van der Waals surface area contributed by atoms with Gasteiger partial charge >= 0.3 is 5.97 Å². The van der Waals surface area contributed by atoms with E-state index < -0.39 is 5.97 Å². The Balaban J connectivity index is 1.75. The van der Waals surface area contributed by atoms with E-state index in [9.17, 15) is 9.59 Å². The van der Waals surface area contributed by atoms with Crippen molar-refractivity contribution in [2.45, 2.75) is 12.8 Å². The van der Waals surface area contributed by atoms with E-state index in [1.165, 1.54) is 0 Å². The summed E-state index contributed by atoms with van der Waals surface area (Å²) < 4.78 is 0. The van der Waals surface area contributed by atoms with Crippen molar-refractivity contribution in [3.05, 3.63) is 53.3 Å². The van der Waals surface area contributed by atoms with Crippen molar-refractivity contribution in [3.8, 4) is 0 Å². The van der Waals surface area contributed by atoms with Crippen LogP contribution in [0.3, 0.4) is 0 Å². The number of aromatic amines is 1. The number of amides is 1. The molecule has 6 heteroatoms. The van der Waals surface area contributed by atoms with Crippen LogP contribution in [0.5, 0.6) is 0 Å². The van der Waals surface area contributed by atoms with Gasteiger partial charge in [-0.2, -0.15) is 5.10 Å². The normalized spacial score (nSPS) is 10.2. The van der Waals surface area contributed by atoms with Crippen molar-refractivity contribution in [1.82, 2.24) is 15.5 Å². The molecule has 2 aromatic rings. The molecule has 0 bridgehead atoms. The summed E-state index contributed by atoms with van der Waals surface area (Å²) in [5.41, 5.74) is 2.02. The van der Waals surface area contributed by atoms with Crippen LogP contribution in [-0.4, -0.2) is 33.7 Å².